The lowest BCUT2D eigenvalue weighted by Crippen LogP contribution is -2.21. The zero-order valence-electron chi connectivity index (χ0n) is 11.1. The summed E-state index contributed by atoms with van der Waals surface area (Å²) in [6.07, 6.45) is 1.61. The summed E-state index contributed by atoms with van der Waals surface area (Å²) in [5.41, 5.74) is 2.26. The van der Waals surface area contributed by atoms with E-state index >= 15 is 0 Å². The van der Waals surface area contributed by atoms with Gasteiger partial charge >= 0.3 is 0 Å². The van der Waals surface area contributed by atoms with Gasteiger partial charge in [-0.3, -0.25) is 10.1 Å². The highest BCUT2D eigenvalue weighted by Crippen LogP contribution is 2.27. The number of benzene rings is 1. The summed E-state index contributed by atoms with van der Waals surface area (Å²) in [5.74, 6) is 0.977. The molecule has 106 valence electrons. The van der Waals surface area contributed by atoms with E-state index in [0.29, 0.717) is 27.4 Å². The smallest absolute Gasteiger partial charge is 0.274 e. The Morgan fingerprint density at radius 1 is 1.24 bits per heavy atom. The van der Waals surface area contributed by atoms with Gasteiger partial charge in [0, 0.05) is 16.7 Å². The summed E-state index contributed by atoms with van der Waals surface area (Å²) in [6.45, 7) is 1.94. The number of carbonyl (C=O) groups is 1. The van der Waals surface area contributed by atoms with Crippen LogP contribution in [0, 0.1) is 6.92 Å². The van der Waals surface area contributed by atoms with Crippen LogP contribution in [0.2, 0.25) is 5.02 Å². The molecule has 1 amide bonds. The maximum Gasteiger partial charge on any atom is 0.274 e. The van der Waals surface area contributed by atoms with Crippen molar-refractivity contribution in [1.82, 2.24) is 10.6 Å². The van der Waals surface area contributed by atoms with Gasteiger partial charge in [0.05, 0.1) is 0 Å². The Morgan fingerprint density at radius 2 is 2.05 bits per heavy atom. The van der Waals surface area contributed by atoms with Crippen LogP contribution in [-0.4, -0.2) is 11.0 Å². The Balaban J connectivity index is 1.90. The molecule has 0 spiro atoms. The number of furan rings is 1. The highest BCUT2D eigenvalue weighted by molar-refractivity contribution is 7.80. The second-order valence-corrected chi connectivity index (χ2v) is 5.45. The van der Waals surface area contributed by atoms with E-state index in [-0.39, 0.29) is 5.91 Å². The van der Waals surface area contributed by atoms with E-state index in [1.54, 1.807) is 12.1 Å². The van der Waals surface area contributed by atoms with E-state index in [4.69, 9.17) is 28.2 Å². The summed E-state index contributed by atoms with van der Waals surface area (Å²) in [5, 5.41) is 6.24. The number of halogens is 1. The summed E-state index contributed by atoms with van der Waals surface area (Å²) in [6, 6.07) is 9.34. The zero-order valence-corrected chi connectivity index (χ0v) is 12.6. The number of thiocarbonyl (C=S) groups is 1. The van der Waals surface area contributed by atoms with Gasteiger partial charge < -0.3 is 9.73 Å². The molecule has 3 rings (SSSR count). The van der Waals surface area contributed by atoms with Crippen molar-refractivity contribution in [3.8, 4) is 11.3 Å². The van der Waals surface area contributed by atoms with E-state index in [9.17, 15) is 4.79 Å². The molecule has 0 aliphatic carbocycles. The maximum absolute atomic E-state index is 11.6. The molecule has 2 aromatic rings. The second kappa shape index (κ2) is 5.35. The van der Waals surface area contributed by atoms with Gasteiger partial charge in [0.15, 0.2) is 5.11 Å². The van der Waals surface area contributed by atoms with Crippen LogP contribution >= 0.6 is 23.8 Å². The average molecular weight is 319 g/mol. The molecular formula is C15H11ClN2O2S. The van der Waals surface area contributed by atoms with Gasteiger partial charge in [0.25, 0.3) is 5.91 Å². The first-order valence-corrected chi connectivity index (χ1v) is 7.02. The van der Waals surface area contributed by atoms with Crippen LogP contribution in [0.5, 0.6) is 0 Å². The van der Waals surface area contributed by atoms with Crippen LogP contribution in [0.4, 0.5) is 0 Å². The average Bonchev–Trinajstić information content (AvgIpc) is 3.01. The van der Waals surface area contributed by atoms with E-state index < -0.39 is 0 Å². The predicted molar refractivity (Wildman–Crippen MR) is 85.7 cm³/mol. The van der Waals surface area contributed by atoms with Crippen LogP contribution < -0.4 is 10.6 Å². The van der Waals surface area contributed by atoms with E-state index in [1.807, 2.05) is 31.2 Å². The number of hydrogen-bond donors (Lipinski definition) is 2. The SMILES string of the molecule is Cc1ccc(-c2ccc(/C=C3\NC(=S)NC3=O)o2)cc1Cl. The molecule has 0 atom stereocenters. The fourth-order valence-electron chi connectivity index (χ4n) is 1.96. The third-order valence-electron chi connectivity index (χ3n) is 3.09. The molecule has 0 radical (unpaired) electrons. The topological polar surface area (TPSA) is 54.3 Å². The molecule has 0 saturated carbocycles. The van der Waals surface area contributed by atoms with Crippen molar-refractivity contribution >= 4 is 40.9 Å². The lowest BCUT2D eigenvalue weighted by molar-refractivity contribution is -0.115. The van der Waals surface area contributed by atoms with Gasteiger partial charge in [-0.15, -0.1) is 0 Å². The van der Waals surface area contributed by atoms with E-state index in [1.165, 1.54) is 0 Å². The Morgan fingerprint density at radius 3 is 2.71 bits per heavy atom. The highest BCUT2D eigenvalue weighted by Gasteiger charge is 2.20. The number of nitrogens with one attached hydrogen (secondary N) is 2. The molecule has 1 aliphatic heterocycles. The molecule has 21 heavy (non-hydrogen) atoms. The van der Waals surface area contributed by atoms with Crippen molar-refractivity contribution < 1.29 is 9.21 Å². The minimum atomic E-state index is -0.267. The molecule has 1 fully saturated rings. The highest BCUT2D eigenvalue weighted by atomic mass is 35.5. The van der Waals surface area contributed by atoms with Gasteiger partial charge in [-0.1, -0.05) is 23.7 Å². The number of rotatable bonds is 2. The van der Waals surface area contributed by atoms with Crippen molar-refractivity contribution in [3.05, 3.63) is 52.4 Å². The summed E-state index contributed by atoms with van der Waals surface area (Å²) >= 11 is 11.0. The van der Waals surface area contributed by atoms with E-state index in [2.05, 4.69) is 10.6 Å². The number of carbonyl (C=O) groups excluding carboxylic acids is 1. The quantitative estimate of drug-likeness (QED) is 0.659. The molecular weight excluding hydrogens is 308 g/mol. The third-order valence-corrected chi connectivity index (χ3v) is 3.70. The molecule has 1 saturated heterocycles. The first kappa shape index (κ1) is 13.9. The Bertz CT molecular complexity index is 780. The fraction of sp³-hybridized carbons (Fsp3) is 0.0667. The van der Waals surface area contributed by atoms with Gasteiger partial charge in [0.2, 0.25) is 0 Å². The largest absolute Gasteiger partial charge is 0.457 e. The molecule has 1 aliphatic rings. The summed E-state index contributed by atoms with van der Waals surface area (Å²) in [7, 11) is 0. The van der Waals surface area contributed by atoms with Gasteiger partial charge in [-0.2, -0.15) is 0 Å². The van der Waals surface area contributed by atoms with Crippen molar-refractivity contribution in [2.75, 3.05) is 0 Å². The minimum absolute atomic E-state index is 0.267. The van der Waals surface area contributed by atoms with Crippen molar-refractivity contribution in [1.29, 1.82) is 0 Å². The monoisotopic (exact) mass is 318 g/mol. The normalized spacial score (nSPS) is 16.2. The molecule has 1 aromatic carbocycles. The van der Waals surface area contributed by atoms with Crippen molar-refractivity contribution in [2.24, 2.45) is 0 Å². The third kappa shape index (κ3) is 2.84. The van der Waals surface area contributed by atoms with Gasteiger partial charge in [0.1, 0.15) is 17.2 Å². The number of hydrogen-bond acceptors (Lipinski definition) is 3. The molecule has 1 aromatic heterocycles. The molecule has 4 nitrogen and oxygen atoms in total. The van der Waals surface area contributed by atoms with Gasteiger partial charge in [-0.05, 0) is 42.9 Å². The van der Waals surface area contributed by atoms with Crippen LogP contribution in [-0.2, 0) is 4.79 Å². The number of aryl methyl sites for hydroxylation is 1. The molecule has 6 heteroatoms. The molecule has 0 bridgehead atoms. The Labute approximate surface area is 131 Å². The maximum atomic E-state index is 11.6. The summed E-state index contributed by atoms with van der Waals surface area (Å²) in [4.78, 5) is 11.6. The predicted octanol–water partition coefficient (Wildman–Crippen LogP) is 3.25. The van der Waals surface area contributed by atoms with Crippen LogP contribution in [0.25, 0.3) is 17.4 Å². The lowest BCUT2D eigenvalue weighted by atomic mass is 10.1. The van der Waals surface area contributed by atoms with Crippen molar-refractivity contribution in [2.45, 2.75) is 6.92 Å². The first-order valence-electron chi connectivity index (χ1n) is 6.23. The first-order chi connectivity index (χ1) is 10.0. The summed E-state index contributed by atoms with van der Waals surface area (Å²) < 4.78 is 5.71. The Hall–Kier alpha value is -2.11. The van der Waals surface area contributed by atoms with Crippen LogP contribution in [0.3, 0.4) is 0 Å². The van der Waals surface area contributed by atoms with Crippen molar-refractivity contribution in [3.63, 3.8) is 0 Å². The van der Waals surface area contributed by atoms with Crippen LogP contribution in [0.1, 0.15) is 11.3 Å². The molecule has 0 unspecified atom stereocenters. The lowest BCUT2D eigenvalue weighted by Gasteiger charge is -2.00. The van der Waals surface area contributed by atoms with Gasteiger partial charge in [-0.25, -0.2) is 0 Å². The number of amides is 1. The van der Waals surface area contributed by atoms with E-state index in [0.717, 1.165) is 11.1 Å². The Kier molecular flexibility index (Phi) is 3.53. The second-order valence-electron chi connectivity index (χ2n) is 4.63. The van der Waals surface area contributed by atoms with Crippen LogP contribution in [0.15, 0.2) is 40.4 Å². The standard InChI is InChI=1S/C15H11ClN2O2S/c1-8-2-3-9(6-11(8)16)13-5-4-10(20-13)7-12-14(19)18-15(21)17-12/h2-7H,1H3,(H2,17,18,19,21)/b12-7-. The molecule has 2 heterocycles. The minimum Gasteiger partial charge on any atom is -0.457 e. The molecule has 2 N–H and O–H groups in total. The fourth-order valence-corrected chi connectivity index (χ4v) is 2.34. The zero-order chi connectivity index (χ0) is 15.0.